The molecule has 1 aromatic rings. The molecule has 2 aliphatic rings. The lowest BCUT2D eigenvalue weighted by atomic mass is 10.2. The van der Waals surface area contributed by atoms with Crippen LogP contribution in [0.25, 0.3) is 22.6 Å². The van der Waals surface area contributed by atoms with Gasteiger partial charge in [0, 0.05) is 43.0 Å². The first-order valence-corrected chi connectivity index (χ1v) is 7.00. The smallest absolute Gasteiger partial charge is 0.289 e. The van der Waals surface area contributed by atoms with Gasteiger partial charge < -0.3 is 14.4 Å². The number of fused-ring (bicyclic) bond motifs is 2. The number of hydrogen-bond donors (Lipinski definition) is 1. The van der Waals surface area contributed by atoms with Crippen LogP contribution in [0.1, 0.15) is 13.8 Å². The summed E-state index contributed by atoms with van der Waals surface area (Å²) in [6.45, 7) is 6.01. The number of aromatic nitrogens is 1. The lowest BCUT2D eigenvalue weighted by Gasteiger charge is -2.20. The second-order valence-corrected chi connectivity index (χ2v) is 4.90. The van der Waals surface area contributed by atoms with E-state index in [1.165, 1.54) is 12.1 Å². The van der Waals surface area contributed by atoms with Crippen molar-refractivity contribution in [2.24, 2.45) is 0 Å². The van der Waals surface area contributed by atoms with E-state index in [0.29, 0.717) is 17.0 Å². The molecule has 0 bridgehead atoms. The second kappa shape index (κ2) is 5.09. The van der Waals surface area contributed by atoms with E-state index in [4.69, 9.17) is 4.42 Å². The Morgan fingerprint density at radius 1 is 1.19 bits per heavy atom. The number of aromatic hydroxyl groups is 1. The molecule has 0 spiro atoms. The van der Waals surface area contributed by atoms with E-state index in [-0.39, 0.29) is 11.2 Å². The number of rotatable bonds is 3. The van der Waals surface area contributed by atoms with Gasteiger partial charge in [0.15, 0.2) is 11.2 Å². The fourth-order valence-electron chi connectivity index (χ4n) is 2.52. The zero-order chi connectivity index (χ0) is 15.0. The maximum atomic E-state index is 11.5. The monoisotopic (exact) mass is 285 g/mol. The third-order valence-electron chi connectivity index (χ3n) is 3.63. The predicted molar refractivity (Wildman–Crippen MR) is 80.9 cm³/mol. The molecule has 0 atom stereocenters. The van der Waals surface area contributed by atoms with Crippen molar-refractivity contribution >= 4 is 16.8 Å². The van der Waals surface area contributed by atoms with Gasteiger partial charge in [0.25, 0.3) is 5.69 Å². The first-order valence-electron chi connectivity index (χ1n) is 7.00. The molecule has 0 fully saturated rings. The molecule has 1 aromatic carbocycles. The van der Waals surface area contributed by atoms with Crippen molar-refractivity contribution in [1.29, 1.82) is 0 Å². The van der Waals surface area contributed by atoms with E-state index >= 15 is 0 Å². The number of aromatic amines is 1. The normalized spacial score (nSPS) is 11.1. The molecule has 108 valence electrons. The SMILES string of the molecule is CCN(CC)c1ccc2[nH+]c3c(O)cc(=O)cc-3oc2c1. The van der Waals surface area contributed by atoms with Crippen LogP contribution in [-0.2, 0) is 0 Å². The lowest BCUT2D eigenvalue weighted by Crippen LogP contribution is -2.22. The van der Waals surface area contributed by atoms with E-state index in [1.54, 1.807) is 0 Å². The molecule has 0 unspecified atom stereocenters. The minimum atomic E-state index is -0.281. The Labute approximate surface area is 121 Å². The van der Waals surface area contributed by atoms with Crippen LogP contribution in [0.4, 0.5) is 5.69 Å². The van der Waals surface area contributed by atoms with Crippen LogP contribution in [0.5, 0.6) is 5.75 Å². The van der Waals surface area contributed by atoms with Crippen LogP contribution in [0, 0.1) is 0 Å². The summed E-state index contributed by atoms with van der Waals surface area (Å²) in [5.74, 6) is 0.250. The lowest BCUT2D eigenvalue weighted by molar-refractivity contribution is -0.335. The van der Waals surface area contributed by atoms with Crippen LogP contribution < -0.4 is 15.3 Å². The van der Waals surface area contributed by atoms with Crippen LogP contribution in [0.2, 0.25) is 0 Å². The maximum Gasteiger partial charge on any atom is 0.289 e. The summed E-state index contributed by atoms with van der Waals surface area (Å²) in [5.41, 5.74) is 2.63. The number of hydrogen-bond acceptors (Lipinski definition) is 4. The summed E-state index contributed by atoms with van der Waals surface area (Å²) < 4.78 is 5.77. The number of nitrogens with zero attached hydrogens (tertiary/aromatic N) is 1. The fourth-order valence-corrected chi connectivity index (χ4v) is 2.52. The summed E-state index contributed by atoms with van der Waals surface area (Å²) in [4.78, 5) is 16.8. The summed E-state index contributed by atoms with van der Waals surface area (Å²) >= 11 is 0. The summed E-state index contributed by atoms with van der Waals surface area (Å²) in [6.07, 6.45) is 0. The molecular formula is C16H17N2O3+. The van der Waals surface area contributed by atoms with Crippen LogP contribution in [-0.4, -0.2) is 18.2 Å². The molecule has 1 aliphatic heterocycles. The number of H-pyrrole nitrogens is 1. The summed E-state index contributed by atoms with van der Waals surface area (Å²) in [5, 5.41) is 9.83. The number of phenols is 1. The zero-order valence-corrected chi connectivity index (χ0v) is 12.0. The molecule has 1 aliphatic carbocycles. The standard InChI is InChI=1S/C16H16N2O3/c1-3-18(4-2)10-5-6-12-14(7-10)21-15-9-11(19)8-13(20)16(15)17-12/h5-9,20H,3-4H2,1-2H3/p+1. The van der Waals surface area contributed by atoms with Crippen molar-refractivity contribution in [3.8, 4) is 17.2 Å². The highest BCUT2D eigenvalue weighted by Crippen LogP contribution is 2.28. The average Bonchev–Trinajstić information content (AvgIpc) is 2.46. The number of anilines is 1. The average molecular weight is 285 g/mol. The largest absolute Gasteiger partial charge is 0.502 e. The molecule has 2 N–H and O–H groups in total. The first-order chi connectivity index (χ1) is 10.1. The second-order valence-electron chi connectivity index (χ2n) is 4.90. The van der Waals surface area contributed by atoms with Gasteiger partial charge in [-0.3, -0.25) is 4.79 Å². The minimum absolute atomic E-state index is 0.101. The molecule has 0 radical (unpaired) electrons. The molecule has 0 saturated heterocycles. The van der Waals surface area contributed by atoms with Gasteiger partial charge in [0.05, 0.1) is 0 Å². The quantitative estimate of drug-likeness (QED) is 0.750. The van der Waals surface area contributed by atoms with Crippen LogP contribution in [0.3, 0.4) is 0 Å². The first kappa shape index (κ1) is 13.4. The predicted octanol–water partition coefficient (Wildman–Crippen LogP) is 2.26. The summed E-state index contributed by atoms with van der Waals surface area (Å²) in [7, 11) is 0. The fraction of sp³-hybridized carbons (Fsp3) is 0.250. The van der Waals surface area contributed by atoms with Crippen molar-refractivity contribution in [3.05, 3.63) is 40.6 Å². The number of nitrogens with one attached hydrogen (secondary N) is 1. The topological polar surface area (TPSA) is 67.8 Å². The van der Waals surface area contributed by atoms with Gasteiger partial charge in [-0.1, -0.05) is 0 Å². The molecule has 5 nitrogen and oxygen atoms in total. The molecule has 21 heavy (non-hydrogen) atoms. The highest BCUT2D eigenvalue weighted by atomic mass is 16.3. The van der Waals surface area contributed by atoms with Gasteiger partial charge in [0.2, 0.25) is 16.9 Å². The molecule has 0 amide bonds. The zero-order valence-electron chi connectivity index (χ0n) is 12.0. The Balaban J connectivity index is 2.25. The third-order valence-corrected chi connectivity index (χ3v) is 3.63. The van der Waals surface area contributed by atoms with Gasteiger partial charge in [-0.05, 0) is 19.9 Å². The van der Waals surface area contributed by atoms with E-state index in [1.807, 2.05) is 18.2 Å². The highest BCUT2D eigenvalue weighted by Gasteiger charge is 2.21. The maximum absolute atomic E-state index is 11.5. The van der Waals surface area contributed by atoms with Gasteiger partial charge in [-0.25, -0.2) is 0 Å². The van der Waals surface area contributed by atoms with E-state index in [0.717, 1.165) is 24.3 Å². The summed E-state index contributed by atoms with van der Waals surface area (Å²) in [6, 6.07) is 8.40. The third kappa shape index (κ3) is 2.31. The Morgan fingerprint density at radius 3 is 2.67 bits per heavy atom. The van der Waals surface area contributed by atoms with Crippen molar-refractivity contribution < 1.29 is 14.5 Å². The van der Waals surface area contributed by atoms with Gasteiger partial charge in [-0.2, -0.15) is 4.98 Å². The molecule has 1 heterocycles. The van der Waals surface area contributed by atoms with Gasteiger partial charge >= 0.3 is 0 Å². The van der Waals surface area contributed by atoms with Crippen molar-refractivity contribution in [1.82, 2.24) is 0 Å². The van der Waals surface area contributed by atoms with Gasteiger partial charge in [-0.15, -0.1) is 0 Å². The molecular weight excluding hydrogens is 268 g/mol. The van der Waals surface area contributed by atoms with Crippen molar-refractivity contribution in [2.75, 3.05) is 18.0 Å². The molecule has 3 rings (SSSR count). The number of benzene rings is 2. The van der Waals surface area contributed by atoms with Gasteiger partial charge in [0.1, 0.15) is 0 Å². The Kier molecular flexibility index (Phi) is 3.25. The van der Waals surface area contributed by atoms with Crippen LogP contribution >= 0.6 is 0 Å². The highest BCUT2D eigenvalue weighted by molar-refractivity contribution is 5.77. The number of phenolic OH excluding ortho intramolecular Hbond substituents is 1. The van der Waals surface area contributed by atoms with E-state index < -0.39 is 0 Å². The van der Waals surface area contributed by atoms with Crippen LogP contribution in [0.15, 0.2) is 39.5 Å². The molecule has 5 heteroatoms. The minimum Gasteiger partial charge on any atom is -0.502 e. The van der Waals surface area contributed by atoms with E-state index in [9.17, 15) is 9.90 Å². The molecule has 0 saturated carbocycles. The Bertz CT molecular complexity index is 822. The Hall–Kier alpha value is -2.56. The van der Waals surface area contributed by atoms with Crippen molar-refractivity contribution in [2.45, 2.75) is 13.8 Å². The Morgan fingerprint density at radius 2 is 1.95 bits per heavy atom. The van der Waals surface area contributed by atoms with Crippen molar-refractivity contribution in [3.63, 3.8) is 0 Å². The molecule has 0 aromatic heterocycles. The van der Waals surface area contributed by atoms with E-state index in [2.05, 4.69) is 23.7 Å².